The van der Waals surface area contributed by atoms with Gasteiger partial charge in [0.15, 0.2) is 17.2 Å². The monoisotopic (exact) mass is 315 g/mol. The first kappa shape index (κ1) is 14.5. The summed E-state index contributed by atoms with van der Waals surface area (Å²) in [5.41, 5.74) is 1.32. The van der Waals surface area contributed by atoms with Crippen LogP contribution in [0.5, 0.6) is 11.5 Å². The second-order valence-corrected chi connectivity index (χ2v) is 5.22. The lowest BCUT2D eigenvalue weighted by Crippen LogP contribution is -2.23. The predicted molar refractivity (Wildman–Crippen MR) is 83.3 cm³/mol. The van der Waals surface area contributed by atoms with Crippen LogP contribution < -0.4 is 14.4 Å². The maximum absolute atomic E-state index is 9.05. The Morgan fingerprint density at radius 1 is 1.27 bits per heavy atom. The molecule has 0 atom stereocenters. The topological polar surface area (TPSA) is 58.4 Å². The zero-order chi connectivity index (χ0) is 15.5. The third-order valence-corrected chi connectivity index (χ3v) is 3.76. The smallest absolute Gasteiger partial charge is 0.231 e. The molecule has 0 saturated carbocycles. The third kappa shape index (κ3) is 2.78. The van der Waals surface area contributed by atoms with Gasteiger partial charge in [-0.2, -0.15) is 5.26 Å². The van der Waals surface area contributed by atoms with E-state index < -0.39 is 0 Å². The molecule has 3 rings (SSSR count). The van der Waals surface area contributed by atoms with Crippen molar-refractivity contribution in [3.8, 4) is 17.6 Å². The number of rotatable bonds is 4. The van der Waals surface area contributed by atoms with Gasteiger partial charge in [-0.15, -0.1) is 0 Å². The lowest BCUT2D eigenvalue weighted by Gasteiger charge is -2.22. The van der Waals surface area contributed by atoms with Crippen molar-refractivity contribution in [1.29, 1.82) is 5.26 Å². The Hall–Kier alpha value is -2.45. The van der Waals surface area contributed by atoms with Crippen LogP contribution in [0.25, 0.3) is 0 Å². The summed E-state index contributed by atoms with van der Waals surface area (Å²) in [7, 11) is 0. The Balaban J connectivity index is 1.84. The number of pyridine rings is 1. The van der Waals surface area contributed by atoms with E-state index >= 15 is 0 Å². The highest BCUT2D eigenvalue weighted by Crippen LogP contribution is 2.33. The maximum Gasteiger partial charge on any atom is 0.231 e. The van der Waals surface area contributed by atoms with Crippen LogP contribution in [-0.4, -0.2) is 18.3 Å². The number of nitriles is 1. The summed E-state index contributed by atoms with van der Waals surface area (Å²) in [5, 5.41) is 9.41. The number of benzene rings is 1. The van der Waals surface area contributed by atoms with E-state index in [1.54, 1.807) is 6.07 Å². The van der Waals surface area contributed by atoms with Gasteiger partial charge in [0.25, 0.3) is 0 Å². The van der Waals surface area contributed by atoms with Crippen molar-refractivity contribution in [3.63, 3.8) is 0 Å². The molecular weight excluding hydrogens is 302 g/mol. The second kappa shape index (κ2) is 6.12. The molecule has 0 saturated heterocycles. The minimum atomic E-state index is 0.239. The zero-order valence-electron chi connectivity index (χ0n) is 12.0. The van der Waals surface area contributed by atoms with Crippen molar-refractivity contribution >= 4 is 17.4 Å². The average Bonchev–Trinajstić information content (AvgIpc) is 3.01. The van der Waals surface area contributed by atoms with Gasteiger partial charge in [0.05, 0.1) is 5.02 Å². The van der Waals surface area contributed by atoms with Crippen LogP contribution in [0.2, 0.25) is 5.02 Å². The van der Waals surface area contributed by atoms with Crippen molar-refractivity contribution in [1.82, 2.24) is 4.98 Å². The molecule has 0 fully saturated rings. The van der Waals surface area contributed by atoms with E-state index in [-0.39, 0.29) is 12.5 Å². The van der Waals surface area contributed by atoms with E-state index in [1.807, 2.05) is 37.3 Å². The van der Waals surface area contributed by atoms with Gasteiger partial charge >= 0.3 is 0 Å². The quantitative estimate of drug-likeness (QED) is 0.866. The molecule has 22 heavy (non-hydrogen) atoms. The van der Waals surface area contributed by atoms with Gasteiger partial charge < -0.3 is 14.4 Å². The molecule has 1 aliphatic heterocycles. The summed E-state index contributed by atoms with van der Waals surface area (Å²) in [6.07, 6.45) is 0. The maximum atomic E-state index is 9.05. The summed E-state index contributed by atoms with van der Waals surface area (Å²) in [6, 6.07) is 11.4. The predicted octanol–water partition coefficient (Wildman–Crippen LogP) is 3.36. The number of ether oxygens (including phenoxy) is 2. The summed E-state index contributed by atoms with van der Waals surface area (Å²) in [6.45, 7) is 3.72. The Morgan fingerprint density at radius 3 is 2.86 bits per heavy atom. The Morgan fingerprint density at radius 2 is 2.09 bits per heavy atom. The van der Waals surface area contributed by atoms with Crippen molar-refractivity contribution < 1.29 is 9.47 Å². The molecule has 2 aromatic rings. The Bertz CT molecular complexity index is 743. The van der Waals surface area contributed by atoms with Crippen LogP contribution in [-0.2, 0) is 6.54 Å². The van der Waals surface area contributed by atoms with Crippen molar-refractivity contribution in [2.75, 3.05) is 18.2 Å². The van der Waals surface area contributed by atoms with E-state index in [2.05, 4.69) is 9.88 Å². The van der Waals surface area contributed by atoms with Crippen molar-refractivity contribution in [3.05, 3.63) is 46.6 Å². The number of aromatic nitrogens is 1. The largest absolute Gasteiger partial charge is 0.454 e. The normalized spacial score (nSPS) is 12.0. The summed E-state index contributed by atoms with van der Waals surface area (Å²) in [5.74, 6) is 2.25. The highest BCUT2D eigenvalue weighted by molar-refractivity contribution is 6.31. The number of fused-ring (bicyclic) bond motifs is 1. The lowest BCUT2D eigenvalue weighted by atomic mass is 10.2. The molecule has 0 aliphatic carbocycles. The third-order valence-electron chi connectivity index (χ3n) is 3.45. The first-order valence-electron chi connectivity index (χ1n) is 6.91. The van der Waals surface area contributed by atoms with Crippen molar-refractivity contribution in [2.45, 2.75) is 13.5 Å². The molecule has 0 amide bonds. The Labute approximate surface area is 133 Å². The molecule has 112 valence electrons. The zero-order valence-corrected chi connectivity index (χ0v) is 12.8. The Kier molecular flexibility index (Phi) is 4.03. The fraction of sp³-hybridized carbons (Fsp3) is 0.250. The average molecular weight is 316 g/mol. The van der Waals surface area contributed by atoms with Crippen LogP contribution in [0.15, 0.2) is 30.3 Å². The van der Waals surface area contributed by atoms with Gasteiger partial charge in [0.1, 0.15) is 11.9 Å². The molecule has 1 aliphatic rings. The number of nitrogens with zero attached hydrogens (tertiary/aromatic N) is 3. The number of anilines is 1. The summed E-state index contributed by atoms with van der Waals surface area (Å²) < 4.78 is 10.7. The van der Waals surface area contributed by atoms with Crippen LogP contribution in [0, 0.1) is 11.3 Å². The van der Waals surface area contributed by atoms with E-state index in [1.165, 1.54) is 0 Å². The van der Waals surface area contributed by atoms with E-state index in [9.17, 15) is 0 Å². The van der Waals surface area contributed by atoms with Crippen LogP contribution in [0.4, 0.5) is 5.82 Å². The van der Waals surface area contributed by atoms with E-state index in [0.717, 1.165) is 29.4 Å². The fourth-order valence-corrected chi connectivity index (χ4v) is 2.45. The molecule has 0 N–H and O–H groups in total. The van der Waals surface area contributed by atoms with Gasteiger partial charge in [-0.3, -0.25) is 0 Å². The SMILES string of the molecule is CCN(Cc1ccc2c(c1)OCO2)c1ccc(Cl)c(C#N)n1. The molecule has 0 spiro atoms. The van der Waals surface area contributed by atoms with Gasteiger partial charge in [0, 0.05) is 13.1 Å². The number of halogens is 1. The standard InChI is InChI=1S/C16H14ClN3O2/c1-2-20(16-6-4-12(17)13(8-18)19-16)9-11-3-5-14-15(7-11)22-10-21-14/h3-7H,2,9-10H2,1H3. The van der Waals surface area contributed by atoms with Gasteiger partial charge in [-0.1, -0.05) is 17.7 Å². The molecule has 1 aromatic carbocycles. The second-order valence-electron chi connectivity index (χ2n) is 4.81. The van der Waals surface area contributed by atoms with Crippen LogP contribution in [0.1, 0.15) is 18.2 Å². The van der Waals surface area contributed by atoms with Crippen LogP contribution >= 0.6 is 11.6 Å². The summed E-state index contributed by atoms with van der Waals surface area (Å²) in [4.78, 5) is 6.37. The first-order valence-corrected chi connectivity index (χ1v) is 7.29. The molecular formula is C16H14ClN3O2. The minimum absolute atomic E-state index is 0.239. The van der Waals surface area contributed by atoms with E-state index in [0.29, 0.717) is 11.6 Å². The number of hydrogen-bond acceptors (Lipinski definition) is 5. The summed E-state index contributed by atoms with van der Waals surface area (Å²) >= 11 is 5.93. The molecule has 6 heteroatoms. The molecule has 1 aromatic heterocycles. The first-order chi connectivity index (χ1) is 10.7. The highest BCUT2D eigenvalue weighted by atomic mass is 35.5. The van der Waals surface area contributed by atoms with E-state index in [4.69, 9.17) is 26.3 Å². The molecule has 0 unspecified atom stereocenters. The molecule has 5 nitrogen and oxygen atoms in total. The van der Waals surface area contributed by atoms with Crippen LogP contribution in [0.3, 0.4) is 0 Å². The molecule has 2 heterocycles. The van der Waals surface area contributed by atoms with Gasteiger partial charge in [-0.05, 0) is 36.8 Å². The number of hydrogen-bond donors (Lipinski definition) is 0. The van der Waals surface area contributed by atoms with Gasteiger partial charge in [0.2, 0.25) is 6.79 Å². The highest BCUT2D eigenvalue weighted by Gasteiger charge is 2.15. The lowest BCUT2D eigenvalue weighted by molar-refractivity contribution is 0.174. The minimum Gasteiger partial charge on any atom is -0.454 e. The molecule has 0 radical (unpaired) electrons. The van der Waals surface area contributed by atoms with Gasteiger partial charge in [-0.25, -0.2) is 4.98 Å². The fourth-order valence-electron chi connectivity index (χ4n) is 2.30. The van der Waals surface area contributed by atoms with Crippen molar-refractivity contribution in [2.24, 2.45) is 0 Å². The molecule has 0 bridgehead atoms.